The van der Waals surface area contributed by atoms with Crippen molar-refractivity contribution in [2.45, 2.75) is 6.92 Å². The predicted molar refractivity (Wildman–Crippen MR) is 238 cm³/mol. The van der Waals surface area contributed by atoms with E-state index >= 15 is 0 Å². The zero-order chi connectivity index (χ0) is 38.1. The number of hydrogen-bond donors (Lipinski definition) is 0. The van der Waals surface area contributed by atoms with Gasteiger partial charge in [0.1, 0.15) is 0 Å². The lowest BCUT2D eigenvalue weighted by Gasteiger charge is -2.12. The van der Waals surface area contributed by atoms with Crippen molar-refractivity contribution >= 4 is 21.8 Å². The second-order valence-electron chi connectivity index (χ2n) is 14.5. The highest BCUT2D eigenvalue weighted by atomic mass is 14.8. The second-order valence-corrected chi connectivity index (χ2v) is 14.5. The number of hydrogen-bond acceptors (Lipinski definition) is 3. The van der Waals surface area contributed by atoms with Gasteiger partial charge in [0, 0.05) is 33.0 Å². The Bertz CT molecular complexity index is 2970. The predicted octanol–water partition coefficient (Wildman–Crippen LogP) is 14.2. The van der Waals surface area contributed by atoms with Crippen LogP contribution in [0.15, 0.2) is 206 Å². The minimum absolute atomic E-state index is 0.920. The molecule has 268 valence electrons. The number of nitrogens with zero attached hydrogens (tertiary/aromatic N) is 3. The summed E-state index contributed by atoms with van der Waals surface area (Å²) in [5.74, 6) is 0. The smallest absolute Gasteiger partial charge is 0.0975 e. The summed E-state index contributed by atoms with van der Waals surface area (Å²) in [7, 11) is 0. The van der Waals surface area contributed by atoms with Gasteiger partial charge in [0.05, 0.1) is 33.8 Å². The Morgan fingerprint density at radius 1 is 0.263 bits per heavy atom. The van der Waals surface area contributed by atoms with Crippen molar-refractivity contribution in [2.75, 3.05) is 0 Å². The fourth-order valence-electron chi connectivity index (χ4n) is 7.74. The highest BCUT2D eigenvalue weighted by molar-refractivity contribution is 6.05. The Balaban J connectivity index is 0.935. The first kappa shape index (κ1) is 34.0. The van der Waals surface area contributed by atoms with Crippen LogP contribution in [0.25, 0.3) is 100 Å². The lowest BCUT2D eigenvalue weighted by atomic mass is 9.96. The van der Waals surface area contributed by atoms with Gasteiger partial charge in [-0.1, -0.05) is 176 Å². The summed E-state index contributed by atoms with van der Waals surface area (Å²) in [5, 5.41) is 2.21. The highest BCUT2D eigenvalue weighted by Crippen LogP contribution is 2.34. The number of rotatable bonds is 7. The van der Waals surface area contributed by atoms with Crippen molar-refractivity contribution < 1.29 is 0 Å². The van der Waals surface area contributed by atoms with Crippen LogP contribution in [0.3, 0.4) is 0 Å². The number of fused-ring (bicyclic) bond motifs is 3. The van der Waals surface area contributed by atoms with Gasteiger partial charge in [0.25, 0.3) is 0 Å². The van der Waals surface area contributed by atoms with Crippen LogP contribution in [-0.2, 0) is 0 Å². The van der Waals surface area contributed by atoms with Crippen molar-refractivity contribution in [3.05, 3.63) is 212 Å². The zero-order valence-corrected chi connectivity index (χ0v) is 31.5. The van der Waals surface area contributed by atoms with Crippen molar-refractivity contribution in [1.29, 1.82) is 0 Å². The van der Waals surface area contributed by atoms with E-state index in [9.17, 15) is 0 Å². The fourth-order valence-corrected chi connectivity index (χ4v) is 7.74. The number of benzene rings is 7. The Hall–Kier alpha value is -7.49. The number of aromatic nitrogens is 3. The molecule has 0 aliphatic rings. The molecule has 0 saturated heterocycles. The molecule has 0 radical (unpaired) electrons. The quantitative estimate of drug-likeness (QED) is 0.153. The molecule has 0 N–H and O–H groups in total. The van der Waals surface area contributed by atoms with E-state index in [0.29, 0.717) is 0 Å². The molecule has 57 heavy (non-hydrogen) atoms. The maximum Gasteiger partial charge on any atom is 0.0975 e. The standard InChI is InChI=1S/C54H37N3/c1-36-32-50(41-12-5-2-6-13-41)57-54-48(36)30-28-44-29-31-49(56-53(44)54)46-19-11-18-45(33-46)39-24-20-37(21-25-39)38-22-26-40(27-23-38)47-34-51(42-14-7-3-8-15-42)55-52(35-47)43-16-9-4-10-17-43/h2-35H,1H3. The van der Waals surface area contributed by atoms with Gasteiger partial charge in [-0.15, -0.1) is 0 Å². The molecular formula is C54H37N3. The third-order valence-corrected chi connectivity index (χ3v) is 10.8. The molecule has 3 nitrogen and oxygen atoms in total. The Morgan fingerprint density at radius 2 is 0.702 bits per heavy atom. The normalized spacial score (nSPS) is 11.2. The summed E-state index contributed by atoms with van der Waals surface area (Å²) >= 11 is 0. The van der Waals surface area contributed by atoms with E-state index in [0.717, 1.165) is 89.1 Å². The van der Waals surface area contributed by atoms with Gasteiger partial charge in [-0.05, 0) is 76.2 Å². The molecule has 3 heteroatoms. The van der Waals surface area contributed by atoms with Crippen LogP contribution in [0.2, 0.25) is 0 Å². The Labute approximate surface area is 332 Å². The van der Waals surface area contributed by atoms with Gasteiger partial charge in [-0.25, -0.2) is 15.0 Å². The monoisotopic (exact) mass is 727 g/mol. The maximum absolute atomic E-state index is 5.24. The molecule has 0 saturated carbocycles. The van der Waals surface area contributed by atoms with E-state index in [1.165, 1.54) is 16.7 Å². The molecule has 0 amide bonds. The summed E-state index contributed by atoms with van der Waals surface area (Å²) < 4.78 is 0. The van der Waals surface area contributed by atoms with E-state index in [1.54, 1.807) is 0 Å². The van der Waals surface area contributed by atoms with Crippen LogP contribution >= 0.6 is 0 Å². The third-order valence-electron chi connectivity index (χ3n) is 10.8. The second kappa shape index (κ2) is 14.6. The Kier molecular flexibility index (Phi) is 8.74. The van der Waals surface area contributed by atoms with Gasteiger partial charge in [0.15, 0.2) is 0 Å². The number of aryl methyl sites for hydroxylation is 1. The van der Waals surface area contributed by atoms with Crippen LogP contribution < -0.4 is 0 Å². The SMILES string of the molecule is Cc1cc(-c2ccccc2)nc2c1ccc1ccc(-c3cccc(-c4ccc(-c5ccc(-c6cc(-c7ccccc7)nc(-c7ccccc7)c6)cc5)cc4)c3)nc12. The molecule has 0 aliphatic heterocycles. The molecule has 0 aliphatic carbocycles. The fraction of sp³-hybridized carbons (Fsp3) is 0.0185. The summed E-state index contributed by atoms with van der Waals surface area (Å²) in [4.78, 5) is 15.4. The number of pyridine rings is 3. The first-order valence-corrected chi connectivity index (χ1v) is 19.3. The van der Waals surface area contributed by atoms with Crippen molar-refractivity contribution in [1.82, 2.24) is 15.0 Å². The van der Waals surface area contributed by atoms with E-state index in [4.69, 9.17) is 15.0 Å². The third kappa shape index (κ3) is 6.77. The minimum Gasteiger partial charge on any atom is -0.248 e. The first-order chi connectivity index (χ1) is 28.1. The largest absolute Gasteiger partial charge is 0.248 e. The maximum atomic E-state index is 5.24. The van der Waals surface area contributed by atoms with Gasteiger partial charge in [-0.3, -0.25) is 0 Å². The molecule has 10 aromatic rings. The molecule has 3 aromatic heterocycles. The van der Waals surface area contributed by atoms with Crippen LogP contribution in [0.5, 0.6) is 0 Å². The Morgan fingerprint density at radius 3 is 1.26 bits per heavy atom. The first-order valence-electron chi connectivity index (χ1n) is 19.3. The van der Waals surface area contributed by atoms with E-state index in [1.807, 2.05) is 18.2 Å². The molecule has 7 aromatic carbocycles. The molecule has 10 rings (SSSR count). The lowest BCUT2D eigenvalue weighted by molar-refractivity contribution is 1.32. The van der Waals surface area contributed by atoms with Gasteiger partial charge in [0.2, 0.25) is 0 Å². The summed E-state index contributed by atoms with van der Waals surface area (Å²) in [6.45, 7) is 2.15. The summed E-state index contributed by atoms with van der Waals surface area (Å²) in [6.07, 6.45) is 0. The topological polar surface area (TPSA) is 38.7 Å². The van der Waals surface area contributed by atoms with Gasteiger partial charge >= 0.3 is 0 Å². The minimum atomic E-state index is 0.920. The van der Waals surface area contributed by atoms with Gasteiger partial charge < -0.3 is 0 Å². The summed E-state index contributed by atoms with van der Waals surface area (Å²) in [5.41, 5.74) is 18.2. The molecule has 0 spiro atoms. The van der Waals surface area contributed by atoms with Crippen LogP contribution in [-0.4, -0.2) is 15.0 Å². The molecule has 0 fully saturated rings. The van der Waals surface area contributed by atoms with Crippen molar-refractivity contribution in [3.63, 3.8) is 0 Å². The molecule has 0 atom stereocenters. The van der Waals surface area contributed by atoms with E-state index < -0.39 is 0 Å². The molecular weight excluding hydrogens is 691 g/mol. The summed E-state index contributed by atoms with van der Waals surface area (Å²) in [6, 6.07) is 72.7. The van der Waals surface area contributed by atoms with Crippen LogP contribution in [0.4, 0.5) is 0 Å². The lowest BCUT2D eigenvalue weighted by Crippen LogP contribution is -1.93. The molecule has 3 heterocycles. The van der Waals surface area contributed by atoms with Crippen LogP contribution in [0.1, 0.15) is 5.56 Å². The molecule has 0 unspecified atom stereocenters. The van der Waals surface area contributed by atoms with E-state index in [-0.39, 0.29) is 0 Å². The van der Waals surface area contributed by atoms with Crippen molar-refractivity contribution in [3.8, 4) is 78.4 Å². The highest BCUT2D eigenvalue weighted by Gasteiger charge is 2.13. The van der Waals surface area contributed by atoms with E-state index in [2.05, 4.69) is 195 Å². The average molecular weight is 728 g/mol. The zero-order valence-electron chi connectivity index (χ0n) is 31.5. The van der Waals surface area contributed by atoms with Crippen molar-refractivity contribution in [2.24, 2.45) is 0 Å². The molecule has 0 bridgehead atoms. The average Bonchev–Trinajstić information content (AvgIpc) is 3.29. The van der Waals surface area contributed by atoms with Crippen LogP contribution in [0, 0.1) is 6.92 Å². The van der Waals surface area contributed by atoms with Gasteiger partial charge in [-0.2, -0.15) is 0 Å².